The van der Waals surface area contributed by atoms with Crippen LogP contribution < -0.4 is 0 Å². The molecule has 1 aliphatic heterocycles. The normalized spacial score (nSPS) is 18.6. The molecule has 22 heavy (non-hydrogen) atoms. The van der Waals surface area contributed by atoms with Gasteiger partial charge in [0.15, 0.2) is 5.76 Å². The number of fused-ring (bicyclic) bond motifs is 1. The average Bonchev–Trinajstić information content (AvgIpc) is 2.92. The molecule has 2 aromatic rings. The van der Waals surface area contributed by atoms with Crippen LogP contribution in [0.15, 0.2) is 28.7 Å². The highest BCUT2D eigenvalue weighted by molar-refractivity contribution is 5.97. The molecule has 2 heterocycles. The maximum Gasteiger partial charge on any atom is 0.305 e. The van der Waals surface area contributed by atoms with E-state index in [0.29, 0.717) is 18.7 Å². The van der Waals surface area contributed by atoms with E-state index in [1.165, 1.54) is 4.90 Å². The molecule has 3 rings (SSSR count). The molecule has 1 N–H and O–H groups in total. The third-order valence-corrected chi connectivity index (χ3v) is 3.85. The van der Waals surface area contributed by atoms with E-state index in [9.17, 15) is 9.59 Å². The second-order valence-corrected chi connectivity index (χ2v) is 5.43. The molecule has 1 fully saturated rings. The number of nitrogens with zero attached hydrogens (tertiary/aromatic N) is 1. The Morgan fingerprint density at radius 3 is 2.95 bits per heavy atom. The van der Waals surface area contributed by atoms with E-state index in [-0.39, 0.29) is 24.7 Å². The quantitative estimate of drug-likeness (QED) is 0.938. The van der Waals surface area contributed by atoms with Gasteiger partial charge in [-0.3, -0.25) is 9.59 Å². The van der Waals surface area contributed by atoms with Crippen LogP contribution in [-0.2, 0) is 9.53 Å². The predicted molar refractivity (Wildman–Crippen MR) is 78.8 cm³/mol. The average molecular weight is 303 g/mol. The molecule has 0 saturated carbocycles. The molecule has 6 nitrogen and oxygen atoms in total. The number of rotatable bonds is 3. The van der Waals surface area contributed by atoms with Crippen molar-refractivity contribution in [3.8, 4) is 0 Å². The van der Waals surface area contributed by atoms with E-state index in [2.05, 4.69) is 0 Å². The molecule has 116 valence electrons. The minimum atomic E-state index is -0.950. The van der Waals surface area contributed by atoms with Gasteiger partial charge in [0.2, 0.25) is 0 Å². The van der Waals surface area contributed by atoms with Crippen LogP contribution in [0, 0.1) is 6.92 Å². The van der Waals surface area contributed by atoms with E-state index < -0.39 is 12.0 Å². The molecular formula is C16H17NO5. The molecular weight excluding hydrogens is 286 g/mol. The number of benzene rings is 1. The SMILES string of the molecule is Cc1cccc2cc(C(=O)N3CCOCC3CC(=O)O)oc12. The summed E-state index contributed by atoms with van der Waals surface area (Å²) in [7, 11) is 0. The molecule has 6 heteroatoms. The summed E-state index contributed by atoms with van der Waals surface area (Å²) in [6, 6.07) is 6.95. The van der Waals surface area contributed by atoms with Crippen molar-refractivity contribution in [1.29, 1.82) is 0 Å². The smallest absolute Gasteiger partial charge is 0.305 e. The van der Waals surface area contributed by atoms with E-state index >= 15 is 0 Å². The van der Waals surface area contributed by atoms with E-state index in [0.717, 1.165) is 10.9 Å². The minimum Gasteiger partial charge on any atom is -0.481 e. The number of carboxylic acid groups (broad SMARTS) is 1. The lowest BCUT2D eigenvalue weighted by Gasteiger charge is -2.34. The van der Waals surface area contributed by atoms with Crippen LogP contribution in [0.2, 0.25) is 0 Å². The van der Waals surface area contributed by atoms with Gasteiger partial charge in [-0.2, -0.15) is 0 Å². The lowest BCUT2D eigenvalue weighted by atomic mass is 10.1. The van der Waals surface area contributed by atoms with Crippen molar-refractivity contribution >= 4 is 22.8 Å². The summed E-state index contributed by atoms with van der Waals surface area (Å²) in [5, 5.41) is 9.84. The Bertz CT molecular complexity index is 720. The number of furan rings is 1. The first-order valence-corrected chi connectivity index (χ1v) is 7.16. The fourth-order valence-electron chi connectivity index (χ4n) is 2.75. The Kier molecular flexibility index (Phi) is 3.85. The maximum atomic E-state index is 12.7. The summed E-state index contributed by atoms with van der Waals surface area (Å²) in [6.45, 7) is 2.92. The number of carbonyl (C=O) groups is 2. The number of ether oxygens (including phenoxy) is 1. The van der Waals surface area contributed by atoms with Gasteiger partial charge in [0, 0.05) is 11.9 Å². The molecule has 1 unspecified atom stereocenters. The van der Waals surface area contributed by atoms with Gasteiger partial charge >= 0.3 is 5.97 Å². The zero-order valence-electron chi connectivity index (χ0n) is 12.2. The van der Waals surface area contributed by atoms with Gasteiger partial charge < -0.3 is 19.2 Å². The fourth-order valence-corrected chi connectivity index (χ4v) is 2.75. The summed E-state index contributed by atoms with van der Waals surface area (Å²) >= 11 is 0. The molecule has 1 atom stereocenters. The summed E-state index contributed by atoms with van der Waals surface area (Å²) < 4.78 is 11.0. The van der Waals surface area contributed by atoms with Gasteiger partial charge in [-0.25, -0.2) is 0 Å². The number of para-hydroxylation sites is 1. The van der Waals surface area contributed by atoms with Gasteiger partial charge in [-0.15, -0.1) is 0 Å². The Labute approximate surface area is 127 Å². The van der Waals surface area contributed by atoms with Gasteiger partial charge in [0.1, 0.15) is 5.58 Å². The Hall–Kier alpha value is -2.34. The van der Waals surface area contributed by atoms with Crippen molar-refractivity contribution in [2.45, 2.75) is 19.4 Å². The van der Waals surface area contributed by atoms with Gasteiger partial charge in [-0.1, -0.05) is 18.2 Å². The Morgan fingerprint density at radius 2 is 2.23 bits per heavy atom. The van der Waals surface area contributed by atoms with Crippen LogP contribution in [0.5, 0.6) is 0 Å². The highest BCUT2D eigenvalue weighted by Gasteiger charge is 2.31. The predicted octanol–water partition coefficient (Wildman–Crippen LogP) is 2.06. The van der Waals surface area contributed by atoms with Crippen molar-refractivity contribution in [1.82, 2.24) is 4.90 Å². The van der Waals surface area contributed by atoms with Crippen LogP contribution in [0.3, 0.4) is 0 Å². The number of aryl methyl sites for hydroxylation is 1. The van der Waals surface area contributed by atoms with Crippen LogP contribution in [-0.4, -0.2) is 47.7 Å². The maximum absolute atomic E-state index is 12.7. The molecule has 1 saturated heterocycles. The van der Waals surface area contributed by atoms with Crippen molar-refractivity contribution in [3.63, 3.8) is 0 Å². The topological polar surface area (TPSA) is 80.0 Å². The van der Waals surface area contributed by atoms with E-state index in [1.54, 1.807) is 6.07 Å². The number of morpholine rings is 1. The molecule has 1 aromatic carbocycles. The van der Waals surface area contributed by atoms with E-state index in [1.807, 2.05) is 25.1 Å². The lowest BCUT2D eigenvalue weighted by Crippen LogP contribution is -2.49. The molecule has 0 aliphatic carbocycles. The van der Waals surface area contributed by atoms with Crippen molar-refractivity contribution in [3.05, 3.63) is 35.6 Å². The monoisotopic (exact) mass is 303 g/mol. The number of carbonyl (C=O) groups excluding carboxylic acids is 1. The van der Waals surface area contributed by atoms with E-state index in [4.69, 9.17) is 14.3 Å². The second kappa shape index (κ2) is 5.81. The summed E-state index contributed by atoms with van der Waals surface area (Å²) in [6.07, 6.45) is -0.134. The van der Waals surface area contributed by atoms with Gasteiger partial charge in [-0.05, 0) is 18.6 Å². The summed E-state index contributed by atoms with van der Waals surface area (Å²) in [4.78, 5) is 25.1. The van der Waals surface area contributed by atoms with Crippen molar-refractivity contribution < 1.29 is 23.8 Å². The summed E-state index contributed by atoms with van der Waals surface area (Å²) in [5.74, 6) is -1.000. The highest BCUT2D eigenvalue weighted by Crippen LogP contribution is 2.24. The molecule has 0 bridgehead atoms. The standard InChI is InChI=1S/C16H17NO5/c1-10-3-2-4-11-7-13(22-15(10)11)16(20)17-5-6-21-9-12(17)8-14(18)19/h2-4,7,12H,5-6,8-9H2,1H3,(H,18,19). The molecule has 1 aliphatic rings. The largest absolute Gasteiger partial charge is 0.481 e. The van der Waals surface area contributed by atoms with Crippen LogP contribution in [0.25, 0.3) is 11.0 Å². The van der Waals surface area contributed by atoms with Crippen LogP contribution in [0.4, 0.5) is 0 Å². The van der Waals surface area contributed by atoms with Crippen molar-refractivity contribution in [2.75, 3.05) is 19.8 Å². The third kappa shape index (κ3) is 2.69. The van der Waals surface area contributed by atoms with Crippen LogP contribution >= 0.6 is 0 Å². The Morgan fingerprint density at radius 1 is 1.41 bits per heavy atom. The number of amides is 1. The lowest BCUT2D eigenvalue weighted by molar-refractivity contribution is -0.139. The third-order valence-electron chi connectivity index (χ3n) is 3.85. The second-order valence-electron chi connectivity index (χ2n) is 5.43. The minimum absolute atomic E-state index is 0.134. The number of hydrogen-bond acceptors (Lipinski definition) is 4. The van der Waals surface area contributed by atoms with Gasteiger partial charge in [0.05, 0.1) is 25.7 Å². The molecule has 1 amide bonds. The zero-order valence-corrected chi connectivity index (χ0v) is 12.2. The Balaban J connectivity index is 1.89. The molecule has 0 spiro atoms. The van der Waals surface area contributed by atoms with Gasteiger partial charge in [0.25, 0.3) is 5.91 Å². The molecule has 1 aromatic heterocycles. The fraction of sp³-hybridized carbons (Fsp3) is 0.375. The van der Waals surface area contributed by atoms with Crippen molar-refractivity contribution in [2.24, 2.45) is 0 Å². The zero-order chi connectivity index (χ0) is 15.7. The first-order chi connectivity index (χ1) is 10.6. The number of aliphatic carboxylic acids is 1. The highest BCUT2D eigenvalue weighted by atomic mass is 16.5. The molecule has 0 radical (unpaired) electrons. The first kappa shape index (κ1) is 14.6. The number of carboxylic acids is 1. The van der Waals surface area contributed by atoms with Crippen LogP contribution in [0.1, 0.15) is 22.5 Å². The first-order valence-electron chi connectivity index (χ1n) is 7.16. The number of hydrogen-bond donors (Lipinski definition) is 1. The summed E-state index contributed by atoms with van der Waals surface area (Å²) in [5.41, 5.74) is 1.65.